The molecule has 0 spiro atoms. The van der Waals surface area contributed by atoms with Gasteiger partial charge in [0.25, 0.3) is 5.69 Å². The lowest BCUT2D eigenvalue weighted by Crippen LogP contribution is -2.35. The van der Waals surface area contributed by atoms with E-state index in [-0.39, 0.29) is 47.8 Å². The van der Waals surface area contributed by atoms with Crippen molar-refractivity contribution in [3.8, 4) is 0 Å². The summed E-state index contributed by atoms with van der Waals surface area (Å²) in [5.41, 5.74) is 0.121. The smallest absolute Gasteiger partial charge is 0.337 e. The van der Waals surface area contributed by atoms with Crippen LogP contribution in [0.4, 0.5) is 5.69 Å². The van der Waals surface area contributed by atoms with E-state index < -0.39 is 22.4 Å². The minimum Gasteiger partial charge on any atom is -0.457 e. The number of nitrogens with zero attached hydrogens (tertiary/aromatic N) is 1. The molecule has 1 aliphatic heterocycles. The van der Waals surface area contributed by atoms with Crippen LogP contribution in [-0.4, -0.2) is 41.6 Å². The van der Waals surface area contributed by atoms with Crippen LogP contribution in [0.5, 0.6) is 0 Å². The van der Waals surface area contributed by atoms with E-state index >= 15 is 0 Å². The fraction of sp³-hybridized carbons (Fsp3) is 0.455. The lowest BCUT2D eigenvalue weighted by Gasteiger charge is -2.32. The fourth-order valence-corrected chi connectivity index (χ4v) is 3.35. The Balaban J connectivity index is 2.64. The van der Waals surface area contributed by atoms with Crippen molar-refractivity contribution in [1.29, 1.82) is 0 Å². The highest BCUT2D eigenvalue weighted by Crippen LogP contribution is 2.40. The molecule has 1 N–H and O–H groups in total. The van der Waals surface area contributed by atoms with Gasteiger partial charge in [0.1, 0.15) is 5.60 Å². The number of non-ortho nitro benzene ring substituents is 1. The van der Waals surface area contributed by atoms with Crippen molar-refractivity contribution >= 4 is 29.0 Å². The Labute approximate surface area is 191 Å². The van der Waals surface area contributed by atoms with Gasteiger partial charge in [-0.25, -0.2) is 4.79 Å². The van der Waals surface area contributed by atoms with E-state index in [9.17, 15) is 19.7 Å². The quantitative estimate of drug-likeness (QED) is 0.145. The van der Waals surface area contributed by atoms with Crippen LogP contribution >= 0.6 is 11.6 Å². The highest BCUT2D eigenvalue weighted by atomic mass is 35.5. The number of nitro groups is 1. The molecule has 0 aliphatic carbocycles. The fourth-order valence-electron chi connectivity index (χ4n) is 3.24. The van der Waals surface area contributed by atoms with Crippen molar-refractivity contribution in [2.24, 2.45) is 0 Å². The van der Waals surface area contributed by atoms with E-state index in [1.165, 1.54) is 25.1 Å². The summed E-state index contributed by atoms with van der Waals surface area (Å²) in [7, 11) is 0. The van der Waals surface area contributed by atoms with Crippen molar-refractivity contribution < 1.29 is 28.7 Å². The zero-order valence-electron chi connectivity index (χ0n) is 18.7. The summed E-state index contributed by atoms with van der Waals surface area (Å²) in [6, 6.07) is 5.78. The maximum absolute atomic E-state index is 13.1. The molecule has 0 fully saturated rings. The van der Waals surface area contributed by atoms with Gasteiger partial charge in [0, 0.05) is 23.7 Å². The van der Waals surface area contributed by atoms with Gasteiger partial charge in [0.15, 0.2) is 12.6 Å². The molecule has 1 aliphatic rings. The first-order valence-corrected chi connectivity index (χ1v) is 10.5. The molecule has 1 aromatic rings. The first-order valence-electron chi connectivity index (χ1n) is 9.93. The first-order chi connectivity index (χ1) is 15.0. The van der Waals surface area contributed by atoms with Crippen LogP contribution in [-0.2, 0) is 23.8 Å². The van der Waals surface area contributed by atoms with Crippen LogP contribution in [0, 0.1) is 10.1 Å². The number of ketones is 1. The van der Waals surface area contributed by atoms with Crippen LogP contribution in [0.25, 0.3) is 0 Å². The number of hydrogen-bond acceptors (Lipinski definition) is 8. The van der Waals surface area contributed by atoms with Gasteiger partial charge in [-0.15, -0.1) is 11.6 Å². The molecule has 1 aromatic carbocycles. The van der Waals surface area contributed by atoms with Gasteiger partial charge < -0.3 is 19.5 Å². The summed E-state index contributed by atoms with van der Waals surface area (Å²) in [5.74, 6) is -1.59. The molecule has 32 heavy (non-hydrogen) atoms. The van der Waals surface area contributed by atoms with Crippen molar-refractivity contribution in [2.75, 3.05) is 19.3 Å². The standard InChI is InChI=1S/C22H27ClN2O7/c1-13-17(21(27)32-22(3,4)5)19(15-7-6-8-16(11-15)25(28)29)18(14(2)26)20(24-13)31-12-30-10-9-23/h6-8,11,19,24H,9-10,12H2,1-5H3. The van der Waals surface area contributed by atoms with Gasteiger partial charge in [0.05, 0.1) is 28.6 Å². The molecule has 174 valence electrons. The third-order valence-corrected chi connectivity index (χ3v) is 4.60. The SMILES string of the molecule is CC(=O)C1=C(OCOCCCl)NC(C)=C(C(=O)OC(C)(C)C)C1c1cccc([N+](=O)[O-])c1. The number of nitro benzene ring substituents is 1. The Morgan fingerprint density at radius 3 is 2.50 bits per heavy atom. The van der Waals surface area contributed by atoms with Crippen molar-refractivity contribution in [3.05, 3.63) is 62.7 Å². The second-order valence-electron chi connectivity index (χ2n) is 8.11. The molecule has 9 nitrogen and oxygen atoms in total. The molecule has 0 aromatic heterocycles. The second kappa shape index (κ2) is 10.6. The molecule has 0 amide bonds. The molecule has 0 saturated carbocycles. The molecule has 0 saturated heterocycles. The van der Waals surface area contributed by atoms with Crippen LogP contribution in [0.2, 0.25) is 0 Å². The molecule has 10 heteroatoms. The van der Waals surface area contributed by atoms with Gasteiger partial charge in [-0.1, -0.05) is 12.1 Å². The summed E-state index contributed by atoms with van der Waals surface area (Å²) in [6.07, 6.45) is 0. The lowest BCUT2D eigenvalue weighted by atomic mass is 9.80. The second-order valence-corrected chi connectivity index (χ2v) is 8.49. The number of ether oxygens (including phenoxy) is 3. The summed E-state index contributed by atoms with van der Waals surface area (Å²) in [5, 5.41) is 14.3. The minimum absolute atomic E-state index is 0.105. The van der Waals surface area contributed by atoms with Gasteiger partial charge in [-0.05, 0) is 40.2 Å². The Morgan fingerprint density at radius 1 is 1.25 bits per heavy atom. The number of Topliss-reactive ketones (excluding diaryl/α,β-unsaturated/α-hetero) is 1. The molecule has 2 rings (SSSR count). The number of benzene rings is 1. The summed E-state index contributed by atoms with van der Waals surface area (Å²) >= 11 is 5.60. The number of hydrogen-bond donors (Lipinski definition) is 1. The molecule has 0 bridgehead atoms. The highest BCUT2D eigenvalue weighted by molar-refractivity contribution is 6.17. The Kier molecular flexibility index (Phi) is 8.40. The number of nitrogens with one attached hydrogen (secondary N) is 1. The van der Waals surface area contributed by atoms with Crippen LogP contribution in [0.3, 0.4) is 0 Å². The minimum atomic E-state index is -0.938. The van der Waals surface area contributed by atoms with E-state index in [0.717, 1.165) is 0 Å². The van der Waals surface area contributed by atoms with Crippen molar-refractivity contribution in [1.82, 2.24) is 5.32 Å². The zero-order chi connectivity index (χ0) is 24.1. The topological polar surface area (TPSA) is 117 Å². The third kappa shape index (κ3) is 6.30. The predicted octanol–water partition coefficient (Wildman–Crippen LogP) is 3.93. The number of carbonyl (C=O) groups is 2. The number of allylic oxidation sites excluding steroid dienone is 2. The maximum atomic E-state index is 13.1. The number of dihydropyridines is 1. The normalized spacial score (nSPS) is 16.5. The number of alkyl halides is 1. The number of halogens is 1. The third-order valence-electron chi connectivity index (χ3n) is 4.45. The monoisotopic (exact) mass is 466 g/mol. The van der Waals surface area contributed by atoms with Gasteiger partial charge in [-0.3, -0.25) is 14.9 Å². The molecular formula is C22H27ClN2O7. The zero-order valence-corrected chi connectivity index (χ0v) is 19.4. The number of rotatable bonds is 9. The van der Waals surface area contributed by atoms with Gasteiger partial charge in [0.2, 0.25) is 5.88 Å². The first kappa shape index (κ1) is 25.4. The van der Waals surface area contributed by atoms with E-state index in [0.29, 0.717) is 11.3 Å². The maximum Gasteiger partial charge on any atom is 0.337 e. The average molecular weight is 467 g/mol. The Hall–Kier alpha value is -2.91. The van der Waals surface area contributed by atoms with E-state index in [1.54, 1.807) is 33.8 Å². The number of carbonyl (C=O) groups excluding carboxylic acids is 2. The average Bonchev–Trinajstić information content (AvgIpc) is 2.69. The molecule has 1 atom stereocenters. The molecule has 1 unspecified atom stereocenters. The highest BCUT2D eigenvalue weighted by Gasteiger charge is 2.39. The lowest BCUT2D eigenvalue weighted by molar-refractivity contribution is -0.384. The van der Waals surface area contributed by atoms with E-state index in [1.807, 2.05) is 0 Å². The summed E-state index contributed by atoms with van der Waals surface area (Å²) in [4.78, 5) is 36.7. The van der Waals surface area contributed by atoms with Crippen LogP contribution < -0.4 is 5.32 Å². The van der Waals surface area contributed by atoms with Gasteiger partial charge >= 0.3 is 5.97 Å². The van der Waals surface area contributed by atoms with Crippen molar-refractivity contribution in [3.63, 3.8) is 0 Å². The Bertz CT molecular complexity index is 963. The largest absolute Gasteiger partial charge is 0.457 e. The van der Waals surface area contributed by atoms with Gasteiger partial charge in [-0.2, -0.15) is 0 Å². The predicted molar refractivity (Wildman–Crippen MR) is 118 cm³/mol. The van der Waals surface area contributed by atoms with Crippen LogP contribution in [0.15, 0.2) is 47.0 Å². The molecule has 1 heterocycles. The molecule has 0 radical (unpaired) electrons. The molecular weight excluding hydrogens is 440 g/mol. The summed E-state index contributed by atoms with van der Waals surface area (Å²) in [6.45, 7) is 8.22. The Morgan fingerprint density at radius 2 is 1.94 bits per heavy atom. The van der Waals surface area contributed by atoms with Crippen LogP contribution in [0.1, 0.15) is 46.1 Å². The van der Waals surface area contributed by atoms with E-state index in [4.69, 9.17) is 25.8 Å². The number of esters is 1. The van der Waals surface area contributed by atoms with Crippen molar-refractivity contribution in [2.45, 2.75) is 46.1 Å². The summed E-state index contributed by atoms with van der Waals surface area (Å²) < 4.78 is 16.4. The van der Waals surface area contributed by atoms with E-state index in [2.05, 4.69) is 5.32 Å².